The van der Waals surface area contributed by atoms with Crippen molar-refractivity contribution in [2.24, 2.45) is 0 Å². The molecule has 12 aromatic rings. The van der Waals surface area contributed by atoms with E-state index in [1.165, 1.54) is 50.1 Å². The second-order valence-corrected chi connectivity index (χ2v) is 37.3. The highest BCUT2D eigenvalue weighted by Gasteiger charge is 2.40. The lowest BCUT2D eigenvalue weighted by Crippen LogP contribution is -2.54. The number of aryl methyl sites for hydroxylation is 3. The quantitative estimate of drug-likeness (QED) is 0.0282. The summed E-state index contributed by atoms with van der Waals surface area (Å²) < 4.78 is 94.1. The zero-order valence-corrected chi connectivity index (χ0v) is 82.6. The first-order valence-electron chi connectivity index (χ1n) is 42.6. The number of hydrogen-bond donors (Lipinski definition) is 3. The molecule has 3 atom stereocenters. The predicted octanol–water partition coefficient (Wildman–Crippen LogP) is 20.4. The van der Waals surface area contributed by atoms with Gasteiger partial charge >= 0.3 is 0 Å². The molecule has 0 saturated carbocycles. The van der Waals surface area contributed by atoms with E-state index in [0.29, 0.717) is 50.8 Å². The minimum Gasteiger partial charge on any atom is -0.394 e. The van der Waals surface area contributed by atoms with Crippen LogP contribution in [-0.4, -0.2) is 153 Å². The van der Waals surface area contributed by atoms with Crippen molar-refractivity contribution in [1.29, 1.82) is 15.8 Å². The summed E-state index contributed by atoms with van der Waals surface area (Å²) in [5.41, 5.74) is 15.1. The van der Waals surface area contributed by atoms with Crippen LogP contribution >= 0.6 is 104 Å². The standard InChI is InChI=1S/3C32H28Cl3F2N7O2/c3*1-6-20(45)43-10-9-42(13-16(43)5)30-17-11-19(33)28(21-22(34)23(35)25(37)26(39)24(21)36)41-31(17)44(32(46)18(30)12-38)29-15(4)7-8-40-27(29)14(2)3/h3*6-8,11,14,16H,1,9-10,13,39H2,2-5H3/t3*16-/m111/s1. The number of piperazine rings is 3. The molecule has 0 unspecified atom stereocenters. The summed E-state index contributed by atoms with van der Waals surface area (Å²) >= 11 is 57.5. The Morgan fingerprint density at radius 3 is 0.833 bits per heavy atom. The number of hydrogen-bond acceptors (Lipinski definition) is 21. The van der Waals surface area contributed by atoms with Crippen LogP contribution in [0.1, 0.15) is 131 Å². The molecule has 0 bridgehead atoms. The Kier molecular flexibility index (Phi) is 30.3. The van der Waals surface area contributed by atoms with Gasteiger partial charge in [0.05, 0.1) is 130 Å². The first-order valence-corrected chi connectivity index (χ1v) is 46.0. The van der Waals surface area contributed by atoms with Crippen molar-refractivity contribution >= 4 is 189 Å². The fourth-order valence-electron chi connectivity index (χ4n) is 17.5. The Balaban J connectivity index is 0.000000175. The number of nitrogen functional groups attached to an aromatic ring is 3. The van der Waals surface area contributed by atoms with Gasteiger partial charge in [-0.05, 0) is 131 Å². The third-order valence-electron chi connectivity index (χ3n) is 24.1. The number of rotatable bonds is 15. The lowest BCUT2D eigenvalue weighted by Gasteiger charge is -2.41. The lowest BCUT2D eigenvalue weighted by atomic mass is 10.0. The molecular weight excluding hydrogens is 1980 g/mol. The molecule has 3 aliphatic rings. The van der Waals surface area contributed by atoms with Gasteiger partial charge in [-0.1, -0.05) is 166 Å². The first kappa shape index (κ1) is 103. The van der Waals surface area contributed by atoms with Crippen molar-refractivity contribution in [2.75, 3.05) is 90.8 Å². The van der Waals surface area contributed by atoms with E-state index in [-0.39, 0.29) is 212 Å². The Labute approximate surface area is 831 Å². The van der Waals surface area contributed by atoms with Crippen LogP contribution in [-0.2, 0) is 14.4 Å². The number of nitrogens with zero attached hydrogens (tertiary/aromatic N) is 18. The number of nitrogens with two attached hydrogens (primary N) is 3. The zero-order valence-electron chi connectivity index (χ0n) is 75.8. The topological polar surface area (TPSA) is 363 Å². The van der Waals surface area contributed by atoms with Crippen molar-refractivity contribution in [3.63, 3.8) is 0 Å². The minimum atomic E-state index is -1.24. The fraction of sp³-hybridized carbons (Fsp3) is 0.281. The van der Waals surface area contributed by atoms with Gasteiger partial charge in [0.2, 0.25) is 17.7 Å². The molecule has 3 amide bonds. The number of halogens is 15. The summed E-state index contributed by atoms with van der Waals surface area (Å²) in [6, 6.07) is 14.8. The number of carbonyl (C=O) groups is 3. The summed E-state index contributed by atoms with van der Waals surface area (Å²) in [7, 11) is 0. The molecule has 714 valence electrons. The number of carbonyl (C=O) groups excluding carboxylic acids is 3. The van der Waals surface area contributed by atoms with Gasteiger partial charge in [0.25, 0.3) is 16.7 Å². The molecule has 0 radical (unpaired) electrons. The highest BCUT2D eigenvalue weighted by Crippen LogP contribution is 2.50. The molecule has 3 aromatic carbocycles. The molecule has 42 heteroatoms. The monoisotopic (exact) mass is 2060 g/mol. The van der Waals surface area contributed by atoms with Crippen LogP contribution in [0.4, 0.5) is 60.5 Å². The van der Waals surface area contributed by atoms with E-state index >= 15 is 13.2 Å². The number of pyridine rings is 9. The predicted molar refractivity (Wildman–Crippen MR) is 531 cm³/mol. The minimum absolute atomic E-state index is 0.00290. The Morgan fingerprint density at radius 2 is 0.630 bits per heavy atom. The molecule has 15 rings (SSSR count). The summed E-state index contributed by atoms with van der Waals surface area (Å²) in [5.74, 6) is -8.63. The average Bonchev–Trinajstić information content (AvgIpc) is 0.726. The Bertz CT molecular complexity index is 6790. The van der Waals surface area contributed by atoms with Gasteiger partial charge in [0.15, 0.2) is 34.9 Å². The summed E-state index contributed by atoms with van der Waals surface area (Å²) in [4.78, 5) is 119. The van der Waals surface area contributed by atoms with E-state index in [9.17, 15) is 57.7 Å². The number of nitriles is 3. The third kappa shape index (κ3) is 18.0. The van der Waals surface area contributed by atoms with Crippen molar-refractivity contribution in [3.8, 4) is 69.0 Å². The van der Waals surface area contributed by atoms with E-state index in [4.69, 9.17) is 137 Å². The number of benzene rings is 3. The van der Waals surface area contributed by atoms with Crippen molar-refractivity contribution in [3.05, 3.63) is 255 Å². The van der Waals surface area contributed by atoms with Crippen molar-refractivity contribution in [2.45, 2.75) is 119 Å². The molecule has 3 saturated heterocycles. The van der Waals surface area contributed by atoms with Crippen LogP contribution in [0.15, 0.2) is 107 Å². The summed E-state index contributed by atoms with van der Waals surface area (Å²) in [6.07, 6.45) is 8.53. The molecule has 3 aliphatic heterocycles. The first-order chi connectivity index (χ1) is 65.2. The van der Waals surface area contributed by atoms with Crippen LogP contribution in [0, 0.1) is 89.7 Å². The van der Waals surface area contributed by atoms with Crippen molar-refractivity contribution < 1.29 is 40.7 Å². The van der Waals surface area contributed by atoms with Crippen molar-refractivity contribution in [1.82, 2.24) is 58.3 Å². The van der Waals surface area contributed by atoms with Crippen LogP contribution in [0.25, 0.3) is 83.9 Å². The maximum atomic E-state index is 15.6. The van der Waals surface area contributed by atoms with Crippen LogP contribution in [0.2, 0.25) is 45.2 Å². The smallest absolute Gasteiger partial charge is 0.276 e. The third-order valence-corrected chi connectivity index (χ3v) is 27.5. The molecule has 27 nitrogen and oxygen atoms in total. The van der Waals surface area contributed by atoms with Crippen LogP contribution in [0.5, 0.6) is 0 Å². The summed E-state index contributed by atoms with van der Waals surface area (Å²) in [5, 5.41) is 28.4. The molecule has 6 N–H and O–H groups in total. The molecule has 12 heterocycles. The van der Waals surface area contributed by atoms with E-state index in [1.54, 1.807) is 72.3 Å². The second kappa shape index (κ2) is 40.8. The highest BCUT2D eigenvalue weighted by molar-refractivity contribution is 6.46. The van der Waals surface area contributed by atoms with E-state index < -0.39 is 115 Å². The fourth-order valence-corrected chi connectivity index (χ4v) is 19.6. The highest BCUT2D eigenvalue weighted by atomic mass is 35.5. The SMILES string of the molecule is C=CC(=O)N1CCN(c2c(C#N)c(=O)n(-c3c(C)ccnc3C(C)C)c3nc(-c4c(F)c(N)c(F)c(Cl)c4Cl)c(Cl)cc23)C[C@H]1C.C=CC(=O)N1CCN(c2c(C#N)c(=O)n(-c3c(C)ccnc3C(C)C)c3nc(-c4c(F)c(N)c(F)c(Cl)c4Cl)c(Cl)cc23)C[C@H]1C.C=CC(=O)N1CCN(c2c(C#N)c(=O)n(-c3c(C)ccnc3C(C)C)c3nc(-c4c(F)c(N)c(F)c(Cl)c4Cl)c(Cl)cc23)C[C@H]1C. The molecule has 138 heavy (non-hydrogen) atoms. The zero-order chi connectivity index (χ0) is 101. The van der Waals surface area contributed by atoms with E-state index in [2.05, 4.69) is 52.9 Å². The number of amides is 3. The van der Waals surface area contributed by atoms with Gasteiger partial charge in [-0.2, -0.15) is 15.8 Å². The number of fused-ring (bicyclic) bond motifs is 3. The Hall–Kier alpha value is -12.7. The number of anilines is 6. The van der Waals surface area contributed by atoms with Gasteiger partial charge < -0.3 is 46.6 Å². The van der Waals surface area contributed by atoms with Crippen LogP contribution < -0.4 is 48.6 Å². The maximum absolute atomic E-state index is 15.6. The molecular formula is C96H84Cl9F6N21O6. The Morgan fingerprint density at radius 1 is 0.399 bits per heavy atom. The molecule has 3 fully saturated rings. The average molecular weight is 2060 g/mol. The normalized spacial score (nSPS) is 15.0. The van der Waals surface area contributed by atoms with E-state index in [0.717, 1.165) is 0 Å². The van der Waals surface area contributed by atoms with Gasteiger partial charge in [-0.25, -0.2) is 41.3 Å². The summed E-state index contributed by atoms with van der Waals surface area (Å²) in [6.45, 7) is 35.4. The molecule has 0 spiro atoms. The largest absolute Gasteiger partial charge is 0.394 e. The molecule has 9 aromatic heterocycles. The lowest BCUT2D eigenvalue weighted by molar-refractivity contribution is -0.129. The maximum Gasteiger partial charge on any atom is 0.276 e. The van der Waals surface area contributed by atoms with E-state index in [1.807, 2.05) is 77.0 Å². The number of aromatic nitrogens is 9. The second-order valence-electron chi connectivity index (χ2n) is 33.8. The van der Waals surface area contributed by atoms with Gasteiger partial charge in [-0.15, -0.1) is 0 Å². The van der Waals surface area contributed by atoms with Gasteiger partial charge in [0, 0.05) is 112 Å². The van der Waals surface area contributed by atoms with Crippen LogP contribution in [0.3, 0.4) is 0 Å². The molecule has 0 aliphatic carbocycles. The van der Waals surface area contributed by atoms with Gasteiger partial charge in [-0.3, -0.25) is 57.4 Å². The van der Waals surface area contributed by atoms with Gasteiger partial charge in [0.1, 0.15) is 68.9 Å².